The zero-order valence-corrected chi connectivity index (χ0v) is 8.93. The van der Waals surface area contributed by atoms with Crippen LogP contribution in [0.1, 0.15) is 40.0 Å². The van der Waals surface area contributed by atoms with Crippen molar-refractivity contribution in [2.24, 2.45) is 5.92 Å². The van der Waals surface area contributed by atoms with E-state index in [1.54, 1.807) is 0 Å². The van der Waals surface area contributed by atoms with Crippen molar-refractivity contribution < 1.29 is 0 Å². The molecule has 0 saturated heterocycles. The molecule has 0 N–H and O–H groups in total. The van der Waals surface area contributed by atoms with Crippen molar-refractivity contribution in [3.8, 4) is 0 Å². The fraction of sp³-hybridized carbons (Fsp3) is 0.538. The first kappa shape index (κ1) is 10.2. The Morgan fingerprint density at radius 2 is 2.38 bits per heavy atom. The minimum absolute atomic E-state index is 0.711. The Kier molecular flexibility index (Phi) is 3.92. The highest BCUT2D eigenvalue weighted by Gasteiger charge is 2.14. The standard InChI is InChI=1S/C13H19/c1-4-12-7-6-11(3)10-13(5-2)9-8-12/h5,7-8,13H,4,9-10H2,1-3H3/q+1/b12-8-. The molecule has 1 aliphatic carbocycles. The van der Waals surface area contributed by atoms with E-state index in [9.17, 15) is 0 Å². The molecule has 0 spiro atoms. The highest BCUT2D eigenvalue weighted by molar-refractivity contribution is 5.21. The van der Waals surface area contributed by atoms with Crippen LogP contribution in [0.3, 0.4) is 0 Å². The van der Waals surface area contributed by atoms with E-state index < -0.39 is 0 Å². The van der Waals surface area contributed by atoms with Crippen LogP contribution in [0.2, 0.25) is 0 Å². The minimum Gasteiger partial charge on any atom is -0.122 e. The van der Waals surface area contributed by atoms with Crippen LogP contribution in [0.25, 0.3) is 0 Å². The maximum absolute atomic E-state index is 3.35. The van der Waals surface area contributed by atoms with E-state index in [0.717, 1.165) is 6.42 Å². The zero-order valence-electron chi connectivity index (χ0n) is 8.93. The second-order valence-electron chi connectivity index (χ2n) is 3.73. The largest absolute Gasteiger partial charge is 0.122 e. The van der Waals surface area contributed by atoms with Crippen molar-refractivity contribution in [1.82, 2.24) is 0 Å². The monoisotopic (exact) mass is 175 g/mol. The fourth-order valence-corrected chi connectivity index (χ4v) is 1.61. The molecule has 0 aromatic rings. The first-order valence-corrected chi connectivity index (χ1v) is 5.17. The number of rotatable bonds is 2. The molecule has 0 amide bonds. The van der Waals surface area contributed by atoms with Crippen molar-refractivity contribution in [3.63, 3.8) is 0 Å². The molecule has 0 aliphatic heterocycles. The Morgan fingerprint density at radius 1 is 1.62 bits per heavy atom. The Bertz CT molecular complexity index is 249. The Labute approximate surface area is 82.0 Å². The van der Waals surface area contributed by atoms with Gasteiger partial charge in [0.05, 0.1) is 13.3 Å². The molecular weight excluding hydrogens is 156 g/mol. The molecule has 1 unspecified atom stereocenters. The summed E-state index contributed by atoms with van der Waals surface area (Å²) in [4.78, 5) is 0. The van der Waals surface area contributed by atoms with E-state index in [0.29, 0.717) is 5.92 Å². The lowest BCUT2D eigenvalue weighted by molar-refractivity contribution is 0.605. The van der Waals surface area contributed by atoms with Gasteiger partial charge in [0.1, 0.15) is 5.92 Å². The van der Waals surface area contributed by atoms with Gasteiger partial charge in [0.15, 0.2) is 0 Å². The van der Waals surface area contributed by atoms with Gasteiger partial charge in [-0.3, -0.25) is 0 Å². The third-order valence-corrected chi connectivity index (χ3v) is 2.63. The quantitative estimate of drug-likeness (QED) is 0.438. The number of allylic oxidation sites excluding steroid dienone is 3. The first-order valence-electron chi connectivity index (χ1n) is 5.17. The van der Waals surface area contributed by atoms with Gasteiger partial charge in [-0.15, -0.1) is 5.73 Å². The van der Waals surface area contributed by atoms with Crippen molar-refractivity contribution >= 4 is 0 Å². The van der Waals surface area contributed by atoms with Gasteiger partial charge >= 0.3 is 0 Å². The lowest BCUT2D eigenvalue weighted by atomic mass is 9.92. The van der Waals surface area contributed by atoms with Gasteiger partial charge in [-0.1, -0.05) is 13.0 Å². The van der Waals surface area contributed by atoms with E-state index in [1.807, 2.05) is 0 Å². The fourth-order valence-electron chi connectivity index (χ4n) is 1.61. The second-order valence-corrected chi connectivity index (χ2v) is 3.73. The molecule has 1 aliphatic rings. The number of hydrogen-bond acceptors (Lipinski definition) is 0. The molecule has 0 fully saturated rings. The third-order valence-electron chi connectivity index (χ3n) is 2.63. The van der Waals surface area contributed by atoms with E-state index in [2.05, 4.69) is 45.1 Å². The summed E-state index contributed by atoms with van der Waals surface area (Å²) in [7, 11) is 0. The minimum atomic E-state index is 0.711. The molecule has 0 heterocycles. The Balaban J connectivity index is 2.82. The molecule has 0 heteroatoms. The van der Waals surface area contributed by atoms with Crippen LogP contribution in [0, 0.1) is 12.3 Å². The van der Waals surface area contributed by atoms with Crippen molar-refractivity contribution in [2.75, 3.05) is 0 Å². The van der Waals surface area contributed by atoms with Gasteiger partial charge in [0.25, 0.3) is 0 Å². The van der Waals surface area contributed by atoms with Gasteiger partial charge in [0, 0.05) is 12.8 Å². The lowest BCUT2D eigenvalue weighted by Gasteiger charge is -2.08. The molecule has 0 radical (unpaired) electrons. The molecule has 0 nitrogen and oxygen atoms in total. The van der Waals surface area contributed by atoms with Crippen LogP contribution >= 0.6 is 0 Å². The molecule has 0 bridgehead atoms. The predicted octanol–water partition coefficient (Wildman–Crippen LogP) is 4.06. The summed E-state index contributed by atoms with van der Waals surface area (Å²) < 4.78 is 0. The summed E-state index contributed by atoms with van der Waals surface area (Å²) >= 11 is 0. The van der Waals surface area contributed by atoms with Gasteiger partial charge in [-0.05, 0) is 30.6 Å². The van der Waals surface area contributed by atoms with Crippen LogP contribution in [0.5, 0.6) is 0 Å². The Hall–Kier alpha value is -0.870. The van der Waals surface area contributed by atoms with Gasteiger partial charge in [0.2, 0.25) is 0 Å². The van der Waals surface area contributed by atoms with Crippen molar-refractivity contribution in [1.29, 1.82) is 0 Å². The average molecular weight is 175 g/mol. The molecule has 13 heavy (non-hydrogen) atoms. The molecule has 0 aromatic carbocycles. The smallest absolute Gasteiger partial charge is 0.105 e. The second kappa shape index (κ2) is 4.99. The van der Waals surface area contributed by atoms with E-state index in [4.69, 9.17) is 0 Å². The van der Waals surface area contributed by atoms with Gasteiger partial charge < -0.3 is 0 Å². The highest BCUT2D eigenvalue weighted by Crippen LogP contribution is 2.21. The summed E-state index contributed by atoms with van der Waals surface area (Å²) in [6, 6.07) is 0. The normalized spacial score (nSPS) is 26.8. The van der Waals surface area contributed by atoms with Crippen LogP contribution in [-0.4, -0.2) is 0 Å². The molecular formula is C13H19+. The first-order chi connectivity index (χ1) is 6.26. The molecule has 1 atom stereocenters. The topological polar surface area (TPSA) is 0 Å². The maximum Gasteiger partial charge on any atom is 0.105 e. The predicted molar refractivity (Wildman–Crippen MR) is 58.3 cm³/mol. The summed E-state index contributed by atoms with van der Waals surface area (Å²) in [5.41, 5.74) is 6.15. The van der Waals surface area contributed by atoms with Crippen molar-refractivity contribution in [2.45, 2.75) is 40.0 Å². The summed E-state index contributed by atoms with van der Waals surface area (Å²) in [6.07, 6.45) is 10.3. The van der Waals surface area contributed by atoms with Crippen LogP contribution < -0.4 is 0 Å². The lowest BCUT2D eigenvalue weighted by Crippen LogP contribution is -2.00. The van der Waals surface area contributed by atoms with E-state index in [1.165, 1.54) is 24.0 Å². The molecule has 1 rings (SSSR count). The van der Waals surface area contributed by atoms with Crippen LogP contribution in [0.4, 0.5) is 0 Å². The molecule has 0 aromatic heterocycles. The molecule has 0 saturated carbocycles. The van der Waals surface area contributed by atoms with Crippen molar-refractivity contribution in [3.05, 3.63) is 35.5 Å². The Morgan fingerprint density at radius 3 is 3.00 bits per heavy atom. The van der Waals surface area contributed by atoms with E-state index in [-0.39, 0.29) is 0 Å². The average Bonchev–Trinajstić information content (AvgIpc) is 2.12. The summed E-state index contributed by atoms with van der Waals surface area (Å²) in [5, 5.41) is 0. The van der Waals surface area contributed by atoms with Gasteiger partial charge in [-0.25, -0.2) is 0 Å². The maximum atomic E-state index is 3.35. The highest BCUT2D eigenvalue weighted by atomic mass is 14.1. The zero-order chi connectivity index (χ0) is 9.68. The van der Waals surface area contributed by atoms with Crippen LogP contribution in [-0.2, 0) is 0 Å². The SMILES string of the molecule is C[CH+]C1C/C=C(/CC)C=C=C(C)C1. The third kappa shape index (κ3) is 3.16. The van der Waals surface area contributed by atoms with Gasteiger partial charge in [-0.2, -0.15) is 0 Å². The number of hydrogen-bond donors (Lipinski definition) is 0. The van der Waals surface area contributed by atoms with Crippen LogP contribution in [0.15, 0.2) is 29.0 Å². The van der Waals surface area contributed by atoms with E-state index >= 15 is 0 Å². The summed E-state index contributed by atoms with van der Waals surface area (Å²) in [5.74, 6) is 0.711. The molecule has 70 valence electrons. The summed E-state index contributed by atoms with van der Waals surface area (Å²) in [6.45, 7) is 6.53.